The van der Waals surface area contributed by atoms with Gasteiger partial charge in [-0.2, -0.15) is 5.10 Å². The van der Waals surface area contributed by atoms with Gasteiger partial charge in [-0.3, -0.25) is 9.52 Å². The molecular formula is C20H21N3O3S. The summed E-state index contributed by atoms with van der Waals surface area (Å²) in [4.78, 5) is 11.4. The Morgan fingerprint density at radius 3 is 2.33 bits per heavy atom. The number of hydrogen-bond donors (Lipinski definition) is 2. The molecule has 0 fully saturated rings. The minimum Gasteiger partial charge on any atom is -0.279 e. The summed E-state index contributed by atoms with van der Waals surface area (Å²) in [5.74, 6) is 0. The second-order valence-electron chi connectivity index (χ2n) is 6.58. The number of nitrogens with zero attached hydrogens (tertiary/aromatic N) is 1. The van der Waals surface area contributed by atoms with E-state index >= 15 is 0 Å². The van der Waals surface area contributed by atoms with Crippen LogP contribution in [0.1, 0.15) is 22.3 Å². The van der Waals surface area contributed by atoms with Gasteiger partial charge in [0.25, 0.3) is 15.6 Å². The molecule has 2 N–H and O–H groups in total. The molecule has 0 amide bonds. The van der Waals surface area contributed by atoms with Crippen LogP contribution in [0.3, 0.4) is 0 Å². The monoisotopic (exact) mass is 383 g/mol. The molecule has 3 aromatic rings. The summed E-state index contributed by atoms with van der Waals surface area (Å²) in [7, 11) is -3.79. The summed E-state index contributed by atoms with van der Waals surface area (Å²) >= 11 is 0. The van der Waals surface area contributed by atoms with E-state index in [1.807, 2.05) is 39.0 Å². The van der Waals surface area contributed by atoms with Crippen LogP contribution < -0.4 is 10.3 Å². The molecule has 0 aliphatic carbocycles. The van der Waals surface area contributed by atoms with Gasteiger partial charge in [0.2, 0.25) is 0 Å². The number of rotatable bonds is 4. The highest BCUT2D eigenvalue weighted by Gasteiger charge is 2.21. The Labute approximate surface area is 158 Å². The molecule has 0 saturated carbocycles. The molecule has 140 valence electrons. The molecule has 0 unspecified atom stereocenters. The smallest absolute Gasteiger partial charge is 0.264 e. The van der Waals surface area contributed by atoms with E-state index in [0.717, 1.165) is 16.7 Å². The molecule has 27 heavy (non-hydrogen) atoms. The molecule has 6 nitrogen and oxygen atoms in total. The van der Waals surface area contributed by atoms with Gasteiger partial charge in [0, 0.05) is 11.6 Å². The molecule has 2 aromatic carbocycles. The number of nitrogens with one attached hydrogen (secondary N) is 2. The number of sulfonamides is 1. The van der Waals surface area contributed by atoms with Crippen molar-refractivity contribution in [3.05, 3.63) is 75.1 Å². The second-order valence-corrected chi connectivity index (χ2v) is 8.23. The van der Waals surface area contributed by atoms with E-state index in [1.165, 1.54) is 6.07 Å². The fraction of sp³-hybridized carbons (Fsp3) is 0.200. The number of benzene rings is 2. The number of anilines is 1. The average Bonchev–Trinajstić information content (AvgIpc) is 2.61. The lowest BCUT2D eigenvalue weighted by Crippen LogP contribution is -2.16. The van der Waals surface area contributed by atoms with Crippen LogP contribution in [0.5, 0.6) is 0 Å². The Hall–Kier alpha value is -2.93. The zero-order valence-electron chi connectivity index (χ0n) is 15.6. The van der Waals surface area contributed by atoms with E-state index in [2.05, 4.69) is 14.9 Å². The van der Waals surface area contributed by atoms with Gasteiger partial charge in [0.1, 0.15) is 0 Å². The summed E-state index contributed by atoms with van der Waals surface area (Å²) in [6.45, 7) is 7.44. The second kappa shape index (κ2) is 7.00. The zero-order chi connectivity index (χ0) is 19.8. The fourth-order valence-electron chi connectivity index (χ4n) is 2.82. The van der Waals surface area contributed by atoms with Crippen LogP contribution in [0.2, 0.25) is 0 Å². The highest BCUT2D eigenvalue weighted by molar-refractivity contribution is 7.92. The standard InChI is InChI=1S/C20H21N3O3S/c1-12-6-5-7-17(14(12)3)23-27(25,26)19-11-16(10-13(2)15(19)4)18-8-9-20(24)22-21-18/h5-11,23H,1-4H3,(H,22,24). The van der Waals surface area contributed by atoms with Crippen LogP contribution >= 0.6 is 0 Å². The molecule has 7 heteroatoms. The maximum absolute atomic E-state index is 13.1. The highest BCUT2D eigenvalue weighted by atomic mass is 32.2. The van der Waals surface area contributed by atoms with E-state index in [4.69, 9.17) is 0 Å². The summed E-state index contributed by atoms with van der Waals surface area (Å²) in [6.07, 6.45) is 0. The van der Waals surface area contributed by atoms with Crippen molar-refractivity contribution in [3.8, 4) is 11.3 Å². The number of H-pyrrole nitrogens is 1. The first-order chi connectivity index (χ1) is 12.7. The van der Waals surface area contributed by atoms with E-state index in [9.17, 15) is 13.2 Å². The molecule has 0 atom stereocenters. The number of aromatic nitrogens is 2. The molecular weight excluding hydrogens is 362 g/mol. The molecule has 1 aromatic heterocycles. The molecule has 0 bridgehead atoms. The zero-order valence-corrected chi connectivity index (χ0v) is 16.4. The average molecular weight is 383 g/mol. The van der Waals surface area contributed by atoms with E-state index in [-0.39, 0.29) is 10.5 Å². The topological polar surface area (TPSA) is 91.9 Å². The van der Waals surface area contributed by atoms with Crippen molar-refractivity contribution in [3.63, 3.8) is 0 Å². The van der Waals surface area contributed by atoms with Crippen molar-refractivity contribution < 1.29 is 8.42 Å². The van der Waals surface area contributed by atoms with Crippen LogP contribution in [0.4, 0.5) is 5.69 Å². The maximum atomic E-state index is 13.1. The van der Waals surface area contributed by atoms with Gasteiger partial charge in [0.15, 0.2) is 0 Å². The lowest BCUT2D eigenvalue weighted by atomic mass is 10.0. The third-order valence-electron chi connectivity index (χ3n) is 4.73. The van der Waals surface area contributed by atoms with Crippen LogP contribution in [0.15, 0.2) is 52.2 Å². The lowest BCUT2D eigenvalue weighted by Gasteiger charge is -2.16. The van der Waals surface area contributed by atoms with Gasteiger partial charge in [-0.15, -0.1) is 0 Å². The van der Waals surface area contributed by atoms with Crippen molar-refractivity contribution in [1.29, 1.82) is 0 Å². The lowest BCUT2D eigenvalue weighted by molar-refractivity contribution is 0.600. The Bertz CT molecular complexity index is 1160. The summed E-state index contributed by atoms with van der Waals surface area (Å²) in [6, 6.07) is 11.9. The third-order valence-corrected chi connectivity index (χ3v) is 6.22. The molecule has 0 aliphatic rings. The van der Waals surface area contributed by atoms with Gasteiger partial charge in [-0.1, -0.05) is 12.1 Å². The first kappa shape index (κ1) is 18.8. The maximum Gasteiger partial charge on any atom is 0.264 e. The van der Waals surface area contributed by atoms with Gasteiger partial charge >= 0.3 is 0 Å². The normalized spacial score (nSPS) is 11.4. The van der Waals surface area contributed by atoms with Crippen molar-refractivity contribution >= 4 is 15.7 Å². The summed E-state index contributed by atoms with van der Waals surface area (Å²) < 4.78 is 28.9. The molecule has 0 saturated heterocycles. The van der Waals surface area contributed by atoms with E-state index < -0.39 is 10.0 Å². The first-order valence-corrected chi connectivity index (χ1v) is 9.94. The van der Waals surface area contributed by atoms with Crippen LogP contribution in [-0.2, 0) is 10.0 Å². The predicted octanol–water partition coefficient (Wildman–Crippen LogP) is 3.47. The van der Waals surface area contributed by atoms with Crippen LogP contribution in [-0.4, -0.2) is 18.6 Å². The molecule has 0 aliphatic heterocycles. The van der Waals surface area contributed by atoms with Gasteiger partial charge in [-0.05, 0) is 74.2 Å². The number of hydrogen-bond acceptors (Lipinski definition) is 4. The Balaban J connectivity index is 2.10. The predicted molar refractivity (Wildman–Crippen MR) is 106 cm³/mol. The quantitative estimate of drug-likeness (QED) is 0.721. The fourth-order valence-corrected chi connectivity index (χ4v) is 4.29. The van der Waals surface area contributed by atoms with Crippen LogP contribution in [0.25, 0.3) is 11.3 Å². The summed E-state index contributed by atoms with van der Waals surface area (Å²) in [5.41, 5.74) is 4.74. The minimum absolute atomic E-state index is 0.186. The largest absolute Gasteiger partial charge is 0.279 e. The first-order valence-electron chi connectivity index (χ1n) is 8.45. The number of aryl methyl sites for hydroxylation is 2. The summed E-state index contributed by atoms with van der Waals surface area (Å²) in [5, 5.41) is 6.37. The van der Waals surface area contributed by atoms with Crippen molar-refractivity contribution in [2.75, 3.05) is 4.72 Å². The van der Waals surface area contributed by atoms with Crippen LogP contribution in [0, 0.1) is 27.7 Å². The van der Waals surface area contributed by atoms with Gasteiger partial charge < -0.3 is 0 Å². The molecule has 1 heterocycles. The SMILES string of the molecule is Cc1cccc(NS(=O)(=O)c2cc(-c3ccc(=O)[nH]n3)cc(C)c2C)c1C. The molecule has 0 radical (unpaired) electrons. The van der Waals surface area contributed by atoms with E-state index in [0.29, 0.717) is 22.5 Å². The minimum atomic E-state index is -3.79. The Morgan fingerprint density at radius 1 is 0.926 bits per heavy atom. The highest BCUT2D eigenvalue weighted by Crippen LogP contribution is 2.29. The Morgan fingerprint density at radius 2 is 1.67 bits per heavy atom. The van der Waals surface area contributed by atoms with Gasteiger partial charge in [0.05, 0.1) is 16.3 Å². The molecule has 3 rings (SSSR count). The van der Waals surface area contributed by atoms with Crippen molar-refractivity contribution in [1.82, 2.24) is 10.2 Å². The third kappa shape index (κ3) is 3.78. The van der Waals surface area contributed by atoms with E-state index in [1.54, 1.807) is 25.1 Å². The van der Waals surface area contributed by atoms with Crippen molar-refractivity contribution in [2.45, 2.75) is 32.6 Å². The molecule has 0 spiro atoms. The Kier molecular flexibility index (Phi) is 4.89. The van der Waals surface area contributed by atoms with Crippen molar-refractivity contribution in [2.24, 2.45) is 0 Å². The number of aromatic amines is 1. The van der Waals surface area contributed by atoms with Gasteiger partial charge in [-0.25, -0.2) is 13.5 Å².